The molecule has 1 aliphatic rings. The fourth-order valence-corrected chi connectivity index (χ4v) is 7.94. The van der Waals surface area contributed by atoms with E-state index in [1.165, 1.54) is 42.1 Å². The topological polar surface area (TPSA) is 42.2 Å². The fourth-order valence-electron chi connectivity index (χ4n) is 6.81. The van der Waals surface area contributed by atoms with Crippen LogP contribution in [-0.4, -0.2) is 9.97 Å². The van der Waals surface area contributed by atoms with Crippen molar-refractivity contribution in [1.82, 2.24) is 9.97 Å². The van der Waals surface area contributed by atoms with Gasteiger partial charge < -0.3 is 4.42 Å². The molecule has 0 atom stereocenters. The van der Waals surface area contributed by atoms with Crippen LogP contribution in [-0.2, 0) is 0 Å². The van der Waals surface area contributed by atoms with Gasteiger partial charge in [-0.1, -0.05) is 91.0 Å². The van der Waals surface area contributed by atoms with Gasteiger partial charge in [0.25, 0.3) is 0 Å². The summed E-state index contributed by atoms with van der Waals surface area (Å²) in [5, 5.41) is 5.80. The molecule has 0 spiro atoms. The monoisotopic (exact) mass is 567 g/mol. The molecule has 0 amide bonds. The molecule has 6 aromatic carbocycles. The Kier molecular flexibility index (Phi) is 4.57. The molecule has 0 saturated carbocycles. The predicted octanol–water partition coefficient (Wildman–Crippen LogP) is 11.0. The van der Waals surface area contributed by atoms with Gasteiger partial charge in [-0.3, -0.25) is 4.90 Å². The van der Waals surface area contributed by atoms with Crippen LogP contribution in [0.25, 0.3) is 75.4 Å². The molecule has 9 aromatic rings. The first-order chi connectivity index (χ1) is 21.3. The first kappa shape index (κ1) is 23.1. The minimum atomic E-state index is 0.625. The van der Waals surface area contributed by atoms with Gasteiger partial charge in [0.05, 0.1) is 11.4 Å². The standard InChI is InChI=1S/C38H21N3OS/c1-4-17-28-23(12-1)24-15-7-10-22-11-8-18-29(33(22)24)41(28)38-39-35-25-13-2-5-19-30(25)42-37(35)36(40-38)27-16-9-21-32-34(27)26-14-3-6-20-31(26)43-32/h1-21H. The smallest absolute Gasteiger partial charge is 0.236 e. The maximum absolute atomic E-state index is 6.56. The number of nitrogens with zero attached hydrogens (tertiary/aromatic N) is 3. The summed E-state index contributed by atoms with van der Waals surface area (Å²) in [6, 6.07) is 44.8. The van der Waals surface area contributed by atoms with E-state index in [-0.39, 0.29) is 0 Å². The molecule has 0 bridgehead atoms. The number of benzene rings is 6. The summed E-state index contributed by atoms with van der Waals surface area (Å²) in [6.45, 7) is 0. The number of furan rings is 1. The summed E-state index contributed by atoms with van der Waals surface area (Å²) < 4.78 is 9.05. The summed E-state index contributed by atoms with van der Waals surface area (Å²) in [5.74, 6) is 0.625. The Hall–Kier alpha value is -5.52. The van der Waals surface area contributed by atoms with E-state index in [0.717, 1.165) is 39.1 Å². The molecule has 0 aliphatic carbocycles. The Labute approximate surface area is 250 Å². The molecular weight excluding hydrogens is 547 g/mol. The molecule has 43 heavy (non-hydrogen) atoms. The lowest BCUT2D eigenvalue weighted by Gasteiger charge is -2.32. The maximum atomic E-state index is 6.56. The van der Waals surface area contributed by atoms with E-state index < -0.39 is 0 Å². The summed E-state index contributed by atoms with van der Waals surface area (Å²) in [6.07, 6.45) is 0. The van der Waals surface area contributed by atoms with Crippen LogP contribution in [0.4, 0.5) is 17.3 Å². The Bertz CT molecular complexity index is 2590. The van der Waals surface area contributed by atoms with Crippen LogP contribution in [0.5, 0.6) is 0 Å². The Morgan fingerprint density at radius 3 is 2.19 bits per heavy atom. The number of anilines is 3. The van der Waals surface area contributed by atoms with Crippen molar-refractivity contribution in [2.45, 2.75) is 0 Å². The van der Waals surface area contributed by atoms with Crippen molar-refractivity contribution in [3.8, 4) is 22.4 Å². The van der Waals surface area contributed by atoms with Crippen LogP contribution >= 0.6 is 11.3 Å². The number of hydrogen-bond acceptors (Lipinski definition) is 5. The molecule has 3 aromatic heterocycles. The molecule has 4 nitrogen and oxygen atoms in total. The largest absolute Gasteiger partial charge is 0.452 e. The maximum Gasteiger partial charge on any atom is 0.236 e. The minimum Gasteiger partial charge on any atom is -0.452 e. The number of aromatic nitrogens is 2. The van der Waals surface area contributed by atoms with Crippen LogP contribution in [0.3, 0.4) is 0 Å². The molecule has 4 heterocycles. The third-order valence-electron chi connectivity index (χ3n) is 8.62. The number of fused-ring (bicyclic) bond motifs is 8. The molecule has 1 aliphatic heterocycles. The minimum absolute atomic E-state index is 0.625. The first-order valence-corrected chi connectivity index (χ1v) is 15.2. The van der Waals surface area contributed by atoms with Crippen molar-refractivity contribution in [2.75, 3.05) is 4.90 Å². The van der Waals surface area contributed by atoms with E-state index in [2.05, 4.69) is 114 Å². The van der Waals surface area contributed by atoms with E-state index >= 15 is 0 Å². The predicted molar refractivity (Wildman–Crippen MR) is 179 cm³/mol. The van der Waals surface area contributed by atoms with Crippen LogP contribution in [0, 0.1) is 0 Å². The van der Waals surface area contributed by atoms with Crippen LogP contribution < -0.4 is 4.90 Å². The Balaban J connectivity index is 1.36. The van der Waals surface area contributed by atoms with Crippen molar-refractivity contribution in [2.24, 2.45) is 0 Å². The fraction of sp³-hybridized carbons (Fsp3) is 0. The van der Waals surface area contributed by atoms with Gasteiger partial charge in [0.15, 0.2) is 5.58 Å². The zero-order chi connectivity index (χ0) is 28.1. The molecule has 0 unspecified atom stereocenters. The summed E-state index contributed by atoms with van der Waals surface area (Å²) in [4.78, 5) is 12.9. The molecule has 0 N–H and O–H groups in total. The second-order valence-corrected chi connectivity index (χ2v) is 12.0. The van der Waals surface area contributed by atoms with Gasteiger partial charge in [-0.2, -0.15) is 0 Å². The van der Waals surface area contributed by atoms with Gasteiger partial charge in [0, 0.05) is 42.1 Å². The Morgan fingerprint density at radius 1 is 0.535 bits per heavy atom. The molecule has 0 fully saturated rings. The Morgan fingerprint density at radius 2 is 1.23 bits per heavy atom. The van der Waals surface area contributed by atoms with Crippen molar-refractivity contribution in [3.63, 3.8) is 0 Å². The second kappa shape index (κ2) is 8.51. The third kappa shape index (κ3) is 3.14. The van der Waals surface area contributed by atoms with Gasteiger partial charge in [0.1, 0.15) is 16.8 Å². The SMILES string of the molecule is c1ccc2c(c1)-c1cccc3cccc(c13)N2c1nc(-c2cccc3sc4ccccc4c23)c2oc3ccccc3c2n1. The van der Waals surface area contributed by atoms with Gasteiger partial charge >= 0.3 is 0 Å². The van der Waals surface area contributed by atoms with Crippen LogP contribution in [0.2, 0.25) is 0 Å². The van der Waals surface area contributed by atoms with Crippen LogP contribution in [0.1, 0.15) is 0 Å². The van der Waals surface area contributed by atoms with Gasteiger partial charge in [-0.15, -0.1) is 11.3 Å². The van der Waals surface area contributed by atoms with Crippen molar-refractivity contribution < 1.29 is 4.42 Å². The summed E-state index contributed by atoms with van der Waals surface area (Å²) >= 11 is 1.81. The molecule has 5 heteroatoms. The first-order valence-electron chi connectivity index (χ1n) is 14.3. The molecule has 200 valence electrons. The van der Waals surface area contributed by atoms with Gasteiger partial charge in [-0.05, 0) is 47.3 Å². The molecule has 10 rings (SSSR count). The number of rotatable bonds is 2. The van der Waals surface area contributed by atoms with E-state index in [1.54, 1.807) is 0 Å². The van der Waals surface area contributed by atoms with E-state index in [1.807, 2.05) is 29.5 Å². The number of thiophene rings is 1. The highest BCUT2D eigenvalue weighted by molar-refractivity contribution is 7.25. The third-order valence-corrected chi connectivity index (χ3v) is 9.76. The highest BCUT2D eigenvalue weighted by Crippen LogP contribution is 2.51. The summed E-state index contributed by atoms with van der Waals surface area (Å²) in [7, 11) is 0. The van der Waals surface area contributed by atoms with Gasteiger partial charge in [0.2, 0.25) is 5.95 Å². The zero-order valence-corrected chi connectivity index (χ0v) is 23.6. The molecule has 0 saturated heterocycles. The number of para-hydroxylation sites is 2. The van der Waals surface area contributed by atoms with Crippen LogP contribution in [0.15, 0.2) is 132 Å². The molecular formula is C38H21N3OS. The number of hydrogen-bond donors (Lipinski definition) is 0. The second-order valence-electron chi connectivity index (χ2n) is 11.0. The lowest BCUT2D eigenvalue weighted by atomic mass is 9.91. The quantitative estimate of drug-likeness (QED) is 0.208. The highest BCUT2D eigenvalue weighted by atomic mass is 32.1. The lowest BCUT2D eigenvalue weighted by molar-refractivity contribution is 0.667. The average Bonchev–Trinajstić information content (AvgIpc) is 3.63. The normalized spacial score (nSPS) is 12.6. The van der Waals surface area contributed by atoms with E-state index in [4.69, 9.17) is 14.4 Å². The van der Waals surface area contributed by atoms with Gasteiger partial charge in [-0.25, -0.2) is 9.97 Å². The average molecular weight is 568 g/mol. The summed E-state index contributed by atoms with van der Waals surface area (Å²) in [5.41, 5.74) is 8.70. The van der Waals surface area contributed by atoms with E-state index in [9.17, 15) is 0 Å². The van der Waals surface area contributed by atoms with Crippen molar-refractivity contribution in [1.29, 1.82) is 0 Å². The van der Waals surface area contributed by atoms with Crippen molar-refractivity contribution >= 4 is 81.7 Å². The zero-order valence-electron chi connectivity index (χ0n) is 22.8. The lowest BCUT2D eigenvalue weighted by Crippen LogP contribution is -2.17. The molecule has 0 radical (unpaired) electrons. The highest BCUT2D eigenvalue weighted by Gasteiger charge is 2.29. The van der Waals surface area contributed by atoms with Crippen molar-refractivity contribution in [3.05, 3.63) is 127 Å². The van der Waals surface area contributed by atoms with E-state index in [0.29, 0.717) is 11.5 Å².